The summed E-state index contributed by atoms with van der Waals surface area (Å²) in [4.78, 5) is 12.0. The van der Waals surface area contributed by atoms with Crippen molar-refractivity contribution in [1.29, 1.82) is 0 Å². The summed E-state index contributed by atoms with van der Waals surface area (Å²) in [5.41, 5.74) is 7.49. The van der Waals surface area contributed by atoms with Crippen molar-refractivity contribution in [2.24, 2.45) is 13.0 Å². The van der Waals surface area contributed by atoms with E-state index in [-0.39, 0.29) is 5.91 Å². The Hall–Kier alpha value is -1.17. The minimum atomic E-state index is -0.123. The van der Waals surface area contributed by atoms with Crippen LogP contribution >= 0.6 is 11.8 Å². The van der Waals surface area contributed by atoms with Crippen molar-refractivity contribution < 1.29 is 4.79 Å². The van der Waals surface area contributed by atoms with Crippen LogP contribution in [-0.2, 0) is 7.05 Å². The van der Waals surface area contributed by atoms with Crippen molar-refractivity contribution in [2.45, 2.75) is 13.3 Å². The first-order valence-electron chi connectivity index (χ1n) is 5.74. The zero-order chi connectivity index (χ0) is 12.4. The first-order chi connectivity index (χ1) is 8.09. The van der Waals surface area contributed by atoms with Crippen LogP contribution in [0.15, 0.2) is 0 Å². The first-order valence-corrected chi connectivity index (χ1v) is 6.90. The van der Waals surface area contributed by atoms with Gasteiger partial charge in [-0.25, -0.2) is 0 Å². The maximum absolute atomic E-state index is 12.0. The molecule has 94 valence electrons. The molecule has 5 nitrogen and oxygen atoms in total. The second-order valence-corrected chi connectivity index (χ2v) is 5.56. The molecular weight excluding hydrogens is 236 g/mol. The van der Waals surface area contributed by atoms with Crippen molar-refractivity contribution >= 4 is 23.4 Å². The molecule has 1 saturated heterocycles. The maximum atomic E-state index is 12.0. The van der Waals surface area contributed by atoms with Crippen LogP contribution in [0.4, 0.5) is 5.69 Å². The number of aromatic nitrogens is 2. The van der Waals surface area contributed by atoms with Gasteiger partial charge in [-0.2, -0.15) is 16.9 Å². The monoisotopic (exact) mass is 254 g/mol. The fourth-order valence-corrected chi connectivity index (χ4v) is 3.29. The molecule has 0 aromatic carbocycles. The van der Waals surface area contributed by atoms with E-state index in [9.17, 15) is 4.79 Å². The number of hydrogen-bond acceptors (Lipinski definition) is 4. The second-order valence-electron chi connectivity index (χ2n) is 4.41. The summed E-state index contributed by atoms with van der Waals surface area (Å²) in [5.74, 6) is 2.82. The fourth-order valence-electron chi connectivity index (χ4n) is 2.01. The molecule has 1 aliphatic rings. The van der Waals surface area contributed by atoms with Crippen LogP contribution in [0.1, 0.15) is 22.6 Å². The molecule has 0 spiro atoms. The lowest BCUT2D eigenvalue weighted by atomic mass is 10.1. The molecule has 1 fully saturated rings. The third kappa shape index (κ3) is 2.57. The molecule has 0 aliphatic carbocycles. The number of carbonyl (C=O) groups excluding carboxylic acids is 1. The summed E-state index contributed by atoms with van der Waals surface area (Å²) in [6.07, 6.45) is 1.19. The molecular formula is C11H18N4OS. The average molecular weight is 254 g/mol. The van der Waals surface area contributed by atoms with Gasteiger partial charge in [-0.1, -0.05) is 0 Å². The summed E-state index contributed by atoms with van der Waals surface area (Å²) >= 11 is 1.95. The van der Waals surface area contributed by atoms with Gasteiger partial charge in [-0.15, -0.1) is 0 Å². The number of hydrogen-bond donors (Lipinski definition) is 2. The molecule has 2 rings (SSSR count). The van der Waals surface area contributed by atoms with Gasteiger partial charge in [0.25, 0.3) is 5.91 Å². The number of nitrogens with one attached hydrogen (secondary N) is 1. The second kappa shape index (κ2) is 5.00. The molecule has 0 bridgehead atoms. The predicted octanol–water partition coefficient (Wildman–Crippen LogP) is 0.794. The van der Waals surface area contributed by atoms with Gasteiger partial charge in [0.15, 0.2) is 0 Å². The van der Waals surface area contributed by atoms with E-state index in [4.69, 9.17) is 5.73 Å². The van der Waals surface area contributed by atoms with Gasteiger partial charge in [0.05, 0.1) is 11.4 Å². The molecule has 0 saturated carbocycles. The molecule has 6 heteroatoms. The summed E-state index contributed by atoms with van der Waals surface area (Å²) in [5, 5.41) is 7.08. The number of thioether (sulfide) groups is 1. The standard InChI is InChI=1S/C11H18N4OS/c1-7-9(12)10(15(2)14-7)11(16)13-5-8-3-4-17-6-8/h8H,3-6,12H2,1-2H3,(H,13,16). The highest BCUT2D eigenvalue weighted by atomic mass is 32.2. The molecule has 0 radical (unpaired) electrons. The third-order valence-corrected chi connectivity index (χ3v) is 4.29. The maximum Gasteiger partial charge on any atom is 0.271 e. The van der Waals surface area contributed by atoms with E-state index < -0.39 is 0 Å². The number of nitrogens with zero attached hydrogens (tertiary/aromatic N) is 2. The lowest BCUT2D eigenvalue weighted by Crippen LogP contribution is -2.31. The van der Waals surface area contributed by atoms with Crippen LogP contribution in [-0.4, -0.2) is 33.7 Å². The largest absolute Gasteiger partial charge is 0.395 e. The molecule has 1 atom stereocenters. The topological polar surface area (TPSA) is 72.9 Å². The van der Waals surface area contributed by atoms with Gasteiger partial charge < -0.3 is 11.1 Å². The highest BCUT2D eigenvalue weighted by Gasteiger charge is 2.20. The Labute approximate surface area is 105 Å². The van der Waals surface area contributed by atoms with E-state index in [1.165, 1.54) is 12.2 Å². The molecule has 1 amide bonds. The molecule has 3 N–H and O–H groups in total. The van der Waals surface area contributed by atoms with Crippen molar-refractivity contribution in [3.05, 3.63) is 11.4 Å². The predicted molar refractivity (Wildman–Crippen MR) is 70.1 cm³/mol. The van der Waals surface area contributed by atoms with Crippen LogP contribution in [0.3, 0.4) is 0 Å². The first kappa shape index (κ1) is 12.3. The van der Waals surface area contributed by atoms with Gasteiger partial charge in [-0.05, 0) is 30.8 Å². The van der Waals surface area contributed by atoms with E-state index in [1.807, 2.05) is 11.8 Å². The molecule has 1 aromatic heterocycles. The molecule has 2 heterocycles. The van der Waals surface area contributed by atoms with Crippen molar-refractivity contribution in [1.82, 2.24) is 15.1 Å². The van der Waals surface area contributed by atoms with Crippen molar-refractivity contribution in [3.8, 4) is 0 Å². The van der Waals surface area contributed by atoms with Gasteiger partial charge in [0.2, 0.25) is 0 Å². The summed E-state index contributed by atoms with van der Waals surface area (Å²) in [6.45, 7) is 2.54. The highest BCUT2D eigenvalue weighted by Crippen LogP contribution is 2.22. The SMILES string of the molecule is Cc1nn(C)c(C(=O)NCC2CCSC2)c1N. The summed E-state index contributed by atoms with van der Waals surface area (Å²) in [6, 6.07) is 0. The Morgan fingerprint density at radius 2 is 2.47 bits per heavy atom. The van der Waals surface area contributed by atoms with Gasteiger partial charge >= 0.3 is 0 Å². The lowest BCUT2D eigenvalue weighted by Gasteiger charge is -2.10. The number of rotatable bonds is 3. The van der Waals surface area contributed by atoms with Crippen LogP contribution in [0.5, 0.6) is 0 Å². The normalized spacial score (nSPS) is 19.5. The summed E-state index contributed by atoms with van der Waals surface area (Å²) < 4.78 is 1.55. The Balaban J connectivity index is 1.99. The van der Waals surface area contributed by atoms with Gasteiger partial charge in [-0.3, -0.25) is 9.48 Å². The molecule has 1 unspecified atom stereocenters. The van der Waals surface area contributed by atoms with Crippen molar-refractivity contribution in [2.75, 3.05) is 23.8 Å². The van der Waals surface area contributed by atoms with Crippen LogP contribution in [0.2, 0.25) is 0 Å². The molecule has 1 aromatic rings. The van der Waals surface area contributed by atoms with Crippen LogP contribution in [0.25, 0.3) is 0 Å². The lowest BCUT2D eigenvalue weighted by molar-refractivity contribution is 0.0940. The smallest absolute Gasteiger partial charge is 0.271 e. The van der Waals surface area contributed by atoms with E-state index in [2.05, 4.69) is 10.4 Å². The molecule has 17 heavy (non-hydrogen) atoms. The van der Waals surface area contributed by atoms with Crippen LogP contribution < -0.4 is 11.1 Å². The number of anilines is 1. The quantitative estimate of drug-likeness (QED) is 0.836. The number of amides is 1. The third-order valence-electron chi connectivity index (χ3n) is 3.06. The Morgan fingerprint density at radius 1 is 1.71 bits per heavy atom. The average Bonchev–Trinajstić information content (AvgIpc) is 2.86. The van der Waals surface area contributed by atoms with E-state index in [1.54, 1.807) is 18.7 Å². The Morgan fingerprint density at radius 3 is 3.00 bits per heavy atom. The van der Waals surface area contributed by atoms with Gasteiger partial charge in [0, 0.05) is 13.6 Å². The van der Waals surface area contributed by atoms with E-state index >= 15 is 0 Å². The minimum Gasteiger partial charge on any atom is -0.395 e. The zero-order valence-electron chi connectivity index (χ0n) is 10.2. The Bertz CT molecular complexity index is 423. The highest BCUT2D eigenvalue weighted by molar-refractivity contribution is 7.99. The number of aryl methyl sites for hydroxylation is 2. The van der Waals surface area contributed by atoms with Crippen LogP contribution in [0, 0.1) is 12.8 Å². The Kier molecular flexibility index (Phi) is 3.61. The van der Waals surface area contributed by atoms with Crippen molar-refractivity contribution in [3.63, 3.8) is 0 Å². The number of nitrogens with two attached hydrogens (primary N) is 1. The van der Waals surface area contributed by atoms with E-state index in [0.29, 0.717) is 23.0 Å². The number of carbonyl (C=O) groups is 1. The molecule has 1 aliphatic heterocycles. The summed E-state index contributed by atoms with van der Waals surface area (Å²) in [7, 11) is 1.74. The van der Waals surface area contributed by atoms with Gasteiger partial charge in [0.1, 0.15) is 5.69 Å². The van der Waals surface area contributed by atoms with E-state index in [0.717, 1.165) is 12.3 Å². The number of nitrogen functional groups attached to an aromatic ring is 1. The fraction of sp³-hybridized carbons (Fsp3) is 0.636. The zero-order valence-corrected chi connectivity index (χ0v) is 11.0. The minimum absolute atomic E-state index is 0.123.